The zero-order valence-electron chi connectivity index (χ0n) is 14.7. The van der Waals surface area contributed by atoms with Crippen LogP contribution in [0.2, 0.25) is 5.02 Å². The van der Waals surface area contributed by atoms with Crippen LogP contribution in [0.5, 0.6) is 0 Å². The fraction of sp³-hybridized carbons (Fsp3) is 0.300. The molecule has 0 bridgehead atoms. The van der Waals surface area contributed by atoms with Crippen LogP contribution in [-0.2, 0) is 22.4 Å². The van der Waals surface area contributed by atoms with Crippen LogP contribution in [0.15, 0.2) is 48.5 Å². The van der Waals surface area contributed by atoms with Crippen molar-refractivity contribution in [1.29, 1.82) is 0 Å². The van der Waals surface area contributed by atoms with E-state index in [1.54, 1.807) is 24.3 Å². The number of halogens is 2. The van der Waals surface area contributed by atoms with Crippen LogP contribution in [0.3, 0.4) is 0 Å². The normalized spacial score (nSPS) is 10.4. The second-order valence-corrected chi connectivity index (χ2v) is 6.48. The van der Waals surface area contributed by atoms with Gasteiger partial charge in [-0.2, -0.15) is 0 Å². The first-order valence-corrected chi connectivity index (χ1v) is 8.83. The molecule has 0 saturated carbocycles. The van der Waals surface area contributed by atoms with Crippen molar-refractivity contribution in [2.45, 2.75) is 19.8 Å². The molecule has 6 heteroatoms. The molecule has 0 aliphatic carbocycles. The van der Waals surface area contributed by atoms with E-state index in [-0.39, 0.29) is 24.2 Å². The Morgan fingerprint density at radius 1 is 1.00 bits per heavy atom. The van der Waals surface area contributed by atoms with Gasteiger partial charge in [0.15, 0.2) is 0 Å². The molecule has 1 N–H and O–H groups in total. The van der Waals surface area contributed by atoms with Crippen LogP contribution in [0.1, 0.15) is 18.1 Å². The molecule has 2 rings (SSSR count). The number of benzene rings is 2. The van der Waals surface area contributed by atoms with E-state index >= 15 is 0 Å². The molecule has 0 heterocycles. The van der Waals surface area contributed by atoms with E-state index in [9.17, 15) is 14.0 Å². The van der Waals surface area contributed by atoms with Crippen molar-refractivity contribution in [3.63, 3.8) is 0 Å². The molecule has 0 atom stereocenters. The number of nitrogens with zero attached hydrogens (tertiary/aromatic N) is 1. The lowest BCUT2D eigenvalue weighted by molar-refractivity contribution is -0.134. The summed E-state index contributed by atoms with van der Waals surface area (Å²) in [4.78, 5) is 25.4. The first-order valence-electron chi connectivity index (χ1n) is 8.45. The maximum absolute atomic E-state index is 12.9. The first kappa shape index (κ1) is 19.9. The van der Waals surface area contributed by atoms with Crippen molar-refractivity contribution in [1.82, 2.24) is 10.2 Å². The van der Waals surface area contributed by atoms with Crippen LogP contribution in [-0.4, -0.2) is 36.3 Å². The predicted molar refractivity (Wildman–Crippen MR) is 101 cm³/mol. The minimum absolute atomic E-state index is 0.0202. The molecule has 0 aromatic heterocycles. The van der Waals surface area contributed by atoms with Crippen molar-refractivity contribution in [2.75, 3.05) is 19.6 Å². The quantitative estimate of drug-likeness (QED) is 0.769. The number of nitrogens with one attached hydrogen (secondary N) is 1. The van der Waals surface area contributed by atoms with Crippen molar-refractivity contribution >= 4 is 23.4 Å². The molecule has 0 radical (unpaired) electrons. The van der Waals surface area contributed by atoms with Gasteiger partial charge in [-0.1, -0.05) is 35.9 Å². The average molecular weight is 377 g/mol. The second-order valence-electron chi connectivity index (χ2n) is 6.04. The van der Waals surface area contributed by atoms with Gasteiger partial charge < -0.3 is 10.2 Å². The third-order valence-corrected chi connectivity index (χ3v) is 4.26. The van der Waals surface area contributed by atoms with Crippen LogP contribution in [0.25, 0.3) is 0 Å². The lowest BCUT2D eigenvalue weighted by atomic mass is 10.1. The zero-order chi connectivity index (χ0) is 18.9. The molecule has 0 unspecified atom stereocenters. The fourth-order valence-electron chi connectivity index (χ4n) is 2.49. The van der Waals surface area contributed by atoms with Gasteiger partial charge in [-0.15, -0.1) is 0 Å². The van der Waals surface area contributed by atoms with E-state index < -0.39 is 0 Å². The van der Waals surface area contributed by atoms with Crippen molar-refractivity contribution < 1.29 is 14.0 Å². The Morgan fingerprint density at radius 2 is 1.58 bits per heavy atom. The highest BCUT2D eigenvalue weighted by Crippen LogP contribution is 2.10. The first-order chi connectivity index (χ1) is 12.4. The molecular formula is C20H22ClFN2O2. The highest BCUT2D eigenvalue weighted by molar-refractivity contribution is 6.30. The van der Waals surface area contributed by atoms with E-state index in [0.717, 1.165) is 11.1 Å². The number of rotatable bonds is 8. The van der Waals surface area contributed by atoms with Gasteiger partial charge in [0.2, 0.25) is 11.8 Å². The molecular weight excluding hydrogens is 355 g/mol. The summed E-state index contributed by atoms with van der Waals surface area (Å²) in [6, 6.07) is 13.6. The van der Waals surface area contributed by atoms with Gasteiger partial charge in [-0.3, -0.25) is 9.59 Å². The van der Waals surface area contributed by atoms with Crippen LogP contribution in [0, 0.1) is 5.82 Å². The fourth-order valence-corrected chi connectivity index (χ4v) is 2.62. The minimum atomic E-state index is -0.282. The number of carbonyl (C=O) groups excluding carboxylic acids is 2. The van der Waals surface area contributed by atoms with E-state index in [4.69, 9.17) is 11.6 Å². The summed E-state index contributed by atoms with van der Waals surface area (Å²) >= 11 is 5.86. The highest BCUT2D eigenvalue weighted by Gasteiger charge is 2.13. The third-order valence-electron chi connectivity index (χ3n) is 4.01. The summed E-state index contributed by atoms with van der Waals surface area (Å²) in [5.41, 5.74) is 2.00. The molecule has 0 saturated heterocycles. The Bertz CT molecular complexity index is 732. The highest BCUT2D eigenvalue weighted by atomic mass is 35.5. The number of amides is 2. The summed E-state index contributed by atoms with van der Waals surface area (Å²) < 4.78 is 12.9. The summed E-state index contributed by atoms with van der Waals surface area (Å²) in [5.74, 6) is -0.637. The summed E-state index contributed by atoms with van der Waals surface area (Å²) in [6.45, 7) is 2.37. The lowest BCUT2D eigenvalue weighted by Crippen LogP contribution is -2.41. The predicted octanol–water partition coefficient (Wildman–Crippen LogP) is 3.23. The Labute approximate surface area is 158 Å². The van der Waals surface area contributed by atoms with Crippen molar-refractivity contribution in [3.8, 4) is 0 Å². The van der Waals surface area contributed by atoms with Gasteiger partial charge >= 0.3 is 0 Å². The third kappa shape index (κ3) is 6.84. The van der Waals surface area contributed by atoms with Gasteiger partial charge in [-0.25, -0.2) is 4.39 Å². The van der Waals surface area contributed by atoms with Crippen molar-refractivity contribution in [3.05, 3.63) is 70.5 Å². The molecule has 0 aliphatic heterocycles. The van der Waals surface area contributed by atoms with Crippen LogP contribution < -0.4 is 5.32 Å². The van der Waals surface area contributed by atoms with Gasteiger partial charge in [0.05, 0.1) is 6.54 Å². The van der Waals surface area contributed by atoms with E-state index in [1.807, 2.05) is 12.1 Å². The Kier molecular flexibility index (Phi) is 7.60. The number of hydrogen-bond donors (Lipinski definition) is 1. The maximum Gasteiger partial charge on any atom is 0.239 e. The molecule has 138 valence electrons. The standard InChI is InChI=1S/C20H22ClFN2O2/c1-15(25)24(13-11-17-2-6-18(21)7-3-17)14-20(26)23-12-10-16-4-8-19(22)9-5-16/h2-9H,10-14H2,1H3,(H,23,26). The average Bonchev–Trinajstić information content (AvgIpc) is 2.61. The molecule has 0 fully saturated rings. The van der Waals surface area contributed by atoms with E-state index in [1.165, 1.54) is 24.0 Å². The van der Waals surface area contributed by atoms with E-state index in [2.05, 4.69) is 5.32 Å². The van der Waals surface area contributed by atoms with Gasteiger partial charge in [0.25, 0.3) is 0 Å². The largest absolute Gasteiger partial charge is 0.354 e. The van der Waals surface area contributed by atoms with Crippen LogP contribution >= 0.6 is 11.6 Å². The molecule has 2 amide bonds. The molecule has 4 nitrogen and oxygen atoms in total. The van der Waals surface area contributed by atoms with Gasteiger partial charge in [-0.05, 0) is 48.2 Å². The topological polar surface area (TPSA) is 49.4 Å². The molecule has 0 aliphatic rings. The SMILES string of the molecule is CC(=O)N(CCc1ccc(Cl)cc1)CC(=O)NCCc1ccc(F)cc1. The number of hydrogen-bond acceptors (Lipinski definition) is 2. The van der Waals surface area contributed by atoms with Crippen molar-refractivity contribution in [2.24, 2.45) is 0 Å². The van der Waals surface area contributed by atoms with Gasteiger partial charge in [0.1, 0.15) is 5.82 Å². The monoisotopic (exact) mass is 376 g/mol. The van der Waals surface area contributed by atoms with E-state index in [0.29, 0.717) is 31.0 Å². The minimum Gasteiger partial charge on any atom is -0.354 e. The summed E-state index contributed by atoms with van der Waals surface area (Å²) in [5, 5.41) is 3.46. The Hall–Kier alpha value is -2.40. The molecule has 2 aromatic carbocycles. The summed E-state index contributed by atoms with van der Waals surface area (Å²) in [6.07, 6.45) is 1.26. The zero-order valence-corrected chi connectivity index (χ0v) is 15.4. The molecule has 0 spiro atoms. The smallest absolute Gasteiger partial charge is 0.239 e. The second kappa shape index (κ2) is 9.92. The summed E-state index contributed by atoms with van der Waals surface area (Å²) in [7, 11) is 0. The Balaban J connectivity index is 1.76. The number of carbonyl (C=O) groups is 2. The lowest BCUT2D eigenvalue weighted by Gasteiger charge is -2.20. The maximum atomic E-state index is 12.9. The van der Waals surface area contributed by atoms with Crippen LogP contribution in [0.4, 0.5) is 4.39 Å². The Morgan fingerprint density at radius 3 is 2.19 bits per heavy atom. The molecule has 2 aromatic rings. The molecule has 26 heavy (non-hydrogen) atoms. The van der Waals surface area contributed by atoms with Gasteiger partial charge in [0, 0.05) is 25.0 Å².